The van der Waals surface area contributed by atoms with Crippen molar-refractivity contribution in [2.75, 3.05) is 7.05 Å². The average molecular weight is 204 g/mol. The van der Waals surface area contributed by atoms with Gasteiger partial charge in [-0.1, -0.05) is 0 Å². The summed E-state index contributed by atoms with van der Waals surface area (Å²) in [5.74, 6) is 0.995. The number of hydrogen-bond donors (Lipinski definition) is 1. The second kappa shape index (κ2) is 3.21. The Bertz CT molecular complexity index is 219. The Labute approximate surface area is 68.7 Å². The molecule has 1 aromatic rings. The number of halogens is 1. The fourth-order valence-corrected chi connectivity index (χ4v) is 1.35. The summed E-state index contributed by atoms with van der Waals surface area (Å²) in [5, 5.41) is 3.02. The molecule has 0 aliphatic carbocycles. The van der Waals surface area contributed by atoms with E-state index in [1.807, 2.05) is 20.0 Å². The summed E-state index contributed by atoms with van der Waals surface area (Å²) in [5.41, 5.74) is 1.18. The van der Waals surface area contributed by atoms with Crippen LogP contribution >= 0.6 is 15.9 Å². The summed E-state index contributed by atoms with van der Waals surface area (Å²) in [7, 11) is 1.90. The van der Waals surface area contributed by atoms with E-state index in [1.165, 1.54) is 5.56 Å². The third-order valence-electron chi connectivity index (χ3n) is 1.33. The predicted octanol–water partition coefficient (Wildman–Crippen LogP) is 2.07. The molecule has 0 unspecified atom stereocenters. The van der Waals surface area contributed by atoms with Gasteiger partial charge in [0, 0.05) is 0 Å². The van der Waals surface area contributed by atoms with Crippen molar-refractivity contribution >= 4 is 15.9 Å². The van der Waals surface area contributed by atoms with Crippen molar-refractivity contribution in [3.8, 4) is 0 Å². The average Bonchev–Trinajstić information content (AvgIpc) is 2.13. The highest BCUT2D eigenvalue weighted by molar-refractivity contribution is 9.10. The fourth-order valence-electron chi connectivity index (χ4n) is 0.814. The highest BCUT2D eigenvalue weighted by Crippen LogP contribution is 2.18. The van der Waals surface area contributed by atoms with Gasteiger partial charge in [0.15, 0.2) is 4.67 Å². The maximum atomic E-state index is 5.31. The van der Waals surface area contributed by atoms with Crippen molar-refractivity contribution in [3.05, 3.63) is 22.1 Å². The first-order valence-electron chi connectivity index (χ1n) is 3.13. The second-order valence-electron chi connectivity index (χ2n) is 2.19. The Morgan fingerprint density at radius 3 is 2.80 bits per heavy atom. The SMILES string of the molecule is CNCc1oc(Br)cc1C. The van der Waals surface area contributed by atoms with Crippen LogP contribution in [0, 0.1) is 6.92 Å². The minimum atomic E-state index is 0.789. The lowest BCUT2D eigenvalue weighted by atomic mass is 10.3. The molecule has 56 valence electrons. The Balaban J connectivity index is 2.81. The van der Waals surface area contributed by atoms with Crippen LogP contribution in [0.2, 0.25) is 0 Å². The minimum absolute atomic E-state index is 0.789. The molecule has 0 radical (unpaired) electrons. The van der Waals surface area contributed by atoms with Crippen LogP contribution in [0.25, 0.3) is 0 Å². The van der Waals surface area contributed by atoms with E-state index in [0.29, 0.717) is 0 Å². The van der Waals surface area contributed by atoms with Gasteiger partial charge in [-0.3, -0.25) is 0 Å². The molecule has 1 heterocycles. The number of hydrogen-bond acceptors (Lipinski definition) is 2. The first-order chi connectivity index (χ1) is 4.74. The van der Waals surface area contributed by atoms with Crippen LogP contribution in [0.3, 0.4) is 0 Å². The Hall–Kier alpha value is -0.280. The molecule has 0 saturated heterocycles. The van der Waals surface area contributed by atoms with Crippen molar-refractivity contribution in [1.29, 1.82) is 0 Å². The van der Waals surface area contributed by atoms with E-state index >= 15 is 0 Å². The zero-order valence-electron chi connectivity index (χ0n) is 6.07. The fraction of sp³-hybridized carbons (Fsp3) is 0.429. The van der Waals surface area contributed by atoms with Crippen molar-refractivity contribution in [1.82, 2.24) is 5.32 Å². The van der Waals surface area contributed by atoms with E-state index in [2.05, 4.69) is 21.2 Å². The molecular weight excluding hydrogens is 194 g/mol. The topological polar surface area (TPSA) is 25.2 Å². The van der Waals surface area contributed by atoms with Gasteiger partial charge in [0.2, 0.25) is 0 Å². The van der Waals surface area contributed by atoms with Gasteiger partial charge in [-0.25, -0.2) is 0 Å². The zero-order chi connectivity index (χ0) is 7.56. The van der Waals surface area contributed by atoms with Crippen LogP contribution in [-0.2, 0) is 6.54 Å². The maximum absolute atomic E-state index is 5.31. The molecule has 1 rings (SSSR count). The van der Waals surface area contributed by atoms with Gasteiger partial charge in [0.25, 0.3) is 0 Å². The summed E-state index contributed by atoms with van der Waals surface area (Å²) in [6.45, 7) is 2.82. The van der Waals surface area contributed by atoms with E-state index < -0.39 is 0 Å². The van der Waals surface area contributed by atoms with Gasteiger partial charge < -0.3 is 9.73 Å². The van der Waals surface area contributed by atoms with Crippen LogP contribution in [-0.4, -0.2) is 7.05 Å². The van der Waals surface area contributed by atoms with Gasteiger partial charge in [-0.05, 0) is 41.5 Å². The van der Waals surface area contributed by atoms with Gasteiger partial charge in [0.05, 0.1) is 6.54 Å². The smallest absolute Gasteiger partial charge is 0.169 e. The minimum Gasteiger partial charge on any atom is -0.453 e. The molecule has 0 aliphatic rings. The lowest BCUT2D eigenvalue weighted by molar-refractivity contribution is 0.473. The first-order valence-corrected chi connectivity index (χ1v) is 3.92. The van der Waals surface area contributed by atoms with Crippen molar-refractivity contribution in [2.24, 2.45) is 0 Å². The van der Waals surface area contributed by atoms with Crippen LogP contribution in [0.1, 0.15) is 11.3 Å². The summed E-state index contributed by atoms with van der Waals surface area (Å²) in [6.07, 6.45) is 0. The molecule has 2 nitrogen and oxygen atoms in total. The summed E-state index contributed by atoms with van der Waals surface area (Å²) in [4.78, 5) is 0. The van der Waals surface area contributed by atoms with Gasteiger partial charge >= 0.3 is 0 Å². The van der Waals surface area contributed by atoms with E-state index in [0.717, 1.165) is 17.0 Å². The Kier molecular flexibility index (Phi) is 2.51. The molecule has 0 fully saturated rings. The molecule has 0 aliphatic heterocycles. The molecule has 0 amide bonds. The van der Waals surface area contributed by atoms with Crippen molar-refractivity contribution < 1.29 is 4.42 Å². The zero-order valence-corrected chi connectivity index (χ0v) is 7.66. The number of rotatable bonds is 2. The normalized spacial score (nSPS) is 10.3. The number of nitrogens with one attached hydrogen (secondary N) is 1. The monoisotopic (exact) mass is 203 g/mol. The second-order valence-corrected chi connectivity index (χ2v) is 2.97. The lowest BCUT2D eigenvalue weighted by Crippen LogP contribution is -2.04. The third-order valence-corrected chi connectivity index (χ3v) is 1.72. The van der Waals surface area contributed by atoms with Gasteiger partial charge in [0.1, 0.15) is 5.76 Å². The quantitative estimate of drug-likeness (QED) is 0.797. The summed E-state index contributed by atoms with van der Waals surface area (Å²) in [6, 6.07) is 1.96. The lowest BCUT2D eigenvalue weighted by Gasteiger charge is -1.93. The molecule has 0 saturated carbocycles. The molecule has 1 N–H and O–H groups in total. The van der Waals surface area contributed by atoms with E-state index in [4.69, 9.17) is 4.42 Å². The third kappa shape index (κ3) is 1.61. The van der Waals surface area contributed by atoms with Crippen LogP contribution < -0.4 is 5.32 Å². The van der Waals surface area contributed by atoms with Crippen molar-refractivity contribution in [2.45, 2.75) is 13.5 Å². The van der Waals surface area contributed by atoms with E-state index in [-0.39, 0.29) is 0 Å². The molecule has 0 bridgehead atoms. The van der Waals surface area contributed by atoms with Crippen molar-refractivity contribution in [3.63, 3.8) is 0 Å². The highest BCUT2D eigenvalue weighted by atomic mass is 79.9. The molecule has 3 heteroatoms. The Morgan fingerprint density at radius 2 is 2.40 bits per heavy atom. The molecule has 1 aromatic heterocycles. The molecule has 0 spiro atoms. The standard InChI is InChI=1S/C7H10BrNO/c1-5-3-7(8)10-6(5)4-9-2/h3,9H,4H2,1-2H3. The number of aryl methyl sites for hydroxylation is 1. The van der Waals surface area contributed by atoms with E-state index in [9.17, 15) is 0 Å². The maximum Gasteiger partial charge on any atom is 0.169 e. The summed E-state index contributed by atoms with van der Waals surface area (Å²) < 4.78 is 6.11. The Morgan fingerprint density at radius 1 is 1.70 bits per heavy atom. The van der Waals surface area contributed by atoms with Crippen LogP contribution in [0.15, 0.2) is 15.2 Å². The van der Waals surface area contributed by atoms with E-state index in [1.54, 1.807) is 0 Å². The molecular formula is C7H10BrNO. The predicted molar refractivity (Wildman–Crippen MR) is 43.9 cm³/mol. The number of furan rings is 1. The van der Waals surface area contributed by atoms with Crippen LogP contribution in [0.5, 0.6) is 0 Å². The largest absolute Gasteiger partial charge is 0.453 e. The molecule has 10 heavy (non-hydrogen) atoms. The highest BCUT2D eigenvalue weighted by Gasteiger charge is 2.02. The van der Waals surface area contributed by atoms with Gasteiger partial charge in [-0.2, -0.15) is 0 Å². The summed E-state index contributed by atoms with van der Waals surface area (Å²) >= 11 is 3.26. The van der Waals surface area contributed by atoms with Crippen LogP contribution in [0.4, 0.5) is 0 Å². The first kappa shape index (κ1) is 7.82. The molecule has 0 atom stereocenters. The molecule has 0 aromatic carbocycles. The van der Waals surface area contributed by atoms with Gasteiger partial charge in [-0.15, -0.1) is 0 Å².